The molecule has 0 amide bonds. The van der Waals surface area contributed by atoms with E-state index in [1.54, 1.807) is 0 Å². The molecule has 0 heterocycles. The second-order valence-corrected chi connectivity index (χ2v) is 10.8. The van der Waals surface area contributed by atoms with Crippen molar-refractivity contribution < 1.29 is 20.1 Å². The Kier molecular flexibility index (Phi) is 13.3. The Bertz CT molecular complexity index is 765. The largest absolute Gasteiger partial charge is 0.396 e. The molecule has 0 unspecified atom stereocenters. The second-order valence-electron chi connectivity index (χ2n) is 10.8. The van der Waals surface area contributed by atoms with Gasteiger partial charge in [0, 0.05) is 12.0 Å². The van der Waals surface area contributed by atoms with E-state index in [-0.39, 0.29) is 19.1 Å². The molecule has 0 radical (unpaired) electrons. The van der Waals surface area contributed by atoms with Crippen LogP contribution in [0.5, 0.6) is 0 Å². The van der Waals surface area contributed by atoms with Gasteiger partial charge < -0.3 is 15.3 Å². The van der Waals surface area contributed by atoms with Crippen molar-refractivity contribution in [3.8, 4) is 0 Å². The van der Waals surface area contributed by atoms with Crippen LogP contribution in [0.25, 0.3) is 0 Å². The topological polar surface area (TPSA) is 77.8 Å². The summed E-state index contributed by atoms with van der Waals surface area (Å²) < 4.78 is 0. The molecule has 1 fully saturated rings. The van der Waals surface area contributed by atoms with Gasteiger partial charge in [-0.25, -0.2) is 0 Å². The lowest BCUT2D eigenvalue weighted by molar-refractivity contribution is -0.146. The Morgan fingerprint density at radius 1 is 0.971 bits per heavy atom. The Morgan fingerprint density at radius 2 is 1.56 bits per heavy atom. The summed E-state index contributed by atoms with van der Waals surface area (Å²) in [6.07, 6.45) is 15.8. The summed E-state index contributed by atoms with van der Waals surface area (Å²) in [6, 6.07) is 0. The van der Waals surface area contributed by atoms with Gasteiger partial charge in [-0.15, -0.1) is 0 Å². The fraction of sp³-hybridized carbons (Fsp3) is 0.700. The third-order valence-corrected chi connectivity index (χ3v) is 7.86. The first-order valence-electron chi connectivity index (χ1n) is 13.1. The number of carbonyl (C=O) groups excluding carboxylic acids is 1. The summed E-state index contributed by atoms with van der Waals surface area (Å²) in [5, 5.41) is 31.5. The van der Waals surface area contributed by atoms with Crippen molar-refractivity contribution in [3.63, 3.8) is 0 Å². The minimum absolute atomic E-state index is 0.0633. The average Bonchev–Trinajstić information content (AvgIpc) is 2.78. The van der Waals surface area contributed by atoms with E-state index in [0.717, 1.165) is 44.0 Å². The summed E-state index contributed by atoms with van der Waals surface area (Å²) in [4.78, 5) is 11.6. The zero-order chi connectivity index (χ0) is 25.8. The Balaban J connectivity index is 2.93. The van der Waals surface area contributed by atoms with Crippen molar-refractivity contribution in [3.05, 3.63) is 46.1 Å². The lowest BCUT2D eigenvalue weighted by atomic mass is 9.53. The average molecular weight is 475 g/mol. The fourth-order valence-electron chi connectivity index (χ4n) is 5.52. The van der Waals surface area contributed by atoms with E-state index >= 15 is 0 Å². The zero-order valence-corrected chi connectivity index (χ0v) is 22.6. The Morgan fingerprint density at radius 3 is 2.09 bits per heavy atom. The van der Waals surface area contributed by atoms with Crippen molar-refractivity contribution in [1.82, 2.24) is 0 Å². The molecule has 0 aromatic carbocycles. The van der Waals surface area contributed by atoms with Crippen LogP contribution in [0.15, 0.2) is 46.1 Å². The molecule has 4 nitrogen and oxygen atoms in total. The molecule has 0 saturated heterocycles. The van der Waals surface area contributed by atoms with Crippen LogP contribution in [-0.2, 0) is 4.79 Å². The van der Waals surface area contributed by atoms with Gasteiger partial charge in [0.25, 0.3) is 0 Å². The molecular formula is C30H50O4. The number of hydrogen-bond acceptors (Lipinski definition) is 4. The monoisotopic (exact) mass is 474 g/mol. The van der Waals surface area contributed by atoms with Gasteiger partial charge >= 0.3 is 0 Å². The molecule has 1 aliphatic carbocycles. The number of rotatable bonds is 14. The van der Waals surface area contributed by atoms with Crippen LogP contribution in [0.3, 0.4) is 0 Å². The fourth-order valence-corrected chi connectivity index (χ4v) is 5.52. The maximum atomic E-state index is 11.6. The molecule has 4 heteroatoms. The van der Waals surface area contributed by atoms with Crippen molar-refractivity contribution in [1.29, 1.82) is 0 Å². The van der Waals surface area contributed by atoms with Gasteiger partial charge in [-0.2, -0.15) is 0 Å². The number of hydrogen-bond donors (Lipinski definition) is 3. The molecule has 1 aliphatic rings. The lowest BCUT2D eigenvalue weighted by Crippen LogP contribution is -2.56. The van der Waals surface area contributed by atoms with Crippen molar-refractivity contribution >= 4 is 6.29 Å². The summed E-state index contributed by atoms with van der Waals surface area (Å²) in [7, 11) is 0. The molecule has 0 aromatic rings. The van der Waals surface area contributed by atoms with E-state index in [1.165, 1.54) is 16.7 Å². The van der Waals surface area contributed by atoms with Gasteiger partial charge in [0.15, 0.2) is 0 Å². The van der Waals surface area contributed by atoms with E-state index in [0.29, 0.717) is 37.7 Å². The van der Waals surface area contributed by atoms with E-state index in [1.807, 2.05) is 13.8 Å². The highest BCUT2D eigenvalue weighted by Crippen LogP contribution is 2.55. The third-order valence-electron chi connectivity index (χ3n) is 7.86. The van der Waals surface area contributed by atoms with Gasteiger partial charge in [0.2, 0.25) is 0 Å². The molecule has 3 atom stereocenters. The quantitative estimate of drug-likeness (QED) is 0.150. The van der Waals surface area contributed by atoms with Gasteiger partial charge in [0.05, 0.1) is 12.2 Å². The molecule has 0 aliphatic heterocycles. The number of carbonyl (C=O) groups is 1. The van der Waals surface area contributed by atoms with Gasteiger partial charge in [0.1, 0.15) is 6.29 Å². The highest BCUT2D eigenvalue weighted by Gasteiger charge is 2.54. The van der Waals surface area contributed by atoms with E-state index in [9.17, 15) is 20.1 Å². The summed E-state index contributed by atoms with van der Waals surface area (Å²) in [5.41, 5.74) is 4.11. The van der Waals surface area contributed by atoms with Gasteiger partial charge in [-0.3, -0.25) is 4.79 Å². The third kappa shape index (κ3) is 8.62. The maximum absolute atomic E-state index is 11.6. The van der Waals surface area contributed by atoms with Crippen LogP contribution < -0.4 is 0 Å². The highest BCUT2D eigenvalue weighted by atomic mass is 16.3. The van der Waals surface area contributed by atoms with Crippen LogP contribution in [-0.4, -0.2) is 40.4 Å². The smallest absolute Gasteiger partial charge is 0.145 e. The lowest BCUT2D eigenvalue weighted by Gasteiger charge is -2.54. The first-order valence-corrected chi connectivity index (χ1v) is 13.1. The normalized spacial score (nSPS) is 27.5. The van der Waals surface area contributed by atoms with E-state index < -0.39 is 11.0 Å². The number of aliphatic hydroxyl groups is 3. The summed E-state index contributed by atoms with van der Waals surface area (Å²) >= 11 is 0. The van der Waals surface area contributed by atoms with Gasteiger partial charge in [-0.05, 0) is 117 Å². The predicted molar refractivity (Wildman–Crippen MR) is 143 cm³/mol. The van der Waals surface area contributed by atoms with E-state index in [4.69, 9.17) is 0 Å². The first-order chi connectivity index (χ1) is 16.0. The zero-order valence-electron chi connectivity index (χ0n) is 22.6. The Hall–Kier alpha value is -1.49. The standard InChI is InChI=1S/C30H50O4/c1-23(2)11-7-12-24(3)13-8-14-25(4)15-9-18-30(22-33)28(16-10-20-31)27(26(5)21-32)17-19-29(30,6)34/h11,13,15,21,28,31,33-34H,7-10,12,14,16-20,22H2,1-6H3/b24-13+,25-15+,27-26-/t28-,29+,30-/m0/s1. The minimum atomic E-state index is -1.03. The first kappa shape index (κ1) is 30.5. The minimum Gasteiger partial charge on any atom is -0.396 e. The second kappa shape index (κ2) is 14.8. The van der Waals surface area contributed by atoms with Crippen LogP contribution in [0.1, 0.15) is 106 Å². The van der Waals surface area contributed by atoms with Crippen LogP contribution in [0.4, 0.5) is 0 Å². The van der Waals surface area contributed by atoms with Crippen molar-refractivity contribution in [2.45, 2.75) is 111 Å². The van der Waals surface area contributed by atoms with Gasteiger partial charge in [-0.1, -0.05) is 40.5 Å². The number of aliphatic hydroxyl groups excluding tert-OH is 2. The molecular weight excluding hydrogens is 424 g/mol. The molecule has 194 valence electrons. The van der Waals surface area contributed by atoms with Crippen LogP contribution in [0.2, 0.25) is 0 Å². The highest BCUT2D eigenvalue weighted by molar-refractivity contribution is 5.74. The maximum Gasteiger partial charge on any atom is 0.145 e. The summed E-state index contributed by atoms with van der Waals surface area (Å²) in [6.45, 7) is 12.2. The Labute approximate surface area is 208 Å². The number of aldehydes is 1. The SMILES string of the molecule is CC(C)=CCC/C(C)=C/CC/C(C)=C/CC[C@]1(CO)[C@@H](CCCO)/C(=C(/C)C=O)CC[C@@]1(C)O. The van der Waals surface area contributed by atoms with Crippen LogP contribution >= 0.6 is 0 Å². The molecule has 34 heavy (non-hydrogen) atoms. The molecule has 0 bridgehead atoms. The molecule has 1 saturated carbocycles. The molecule has 1 rings (SSSR count). The van der Waals surface area contributed by atoms with Crippen molar-refractivity contribution in [2.24, 2.45) is 11.3 Å². The summed E-state index contributed by atoms with van der Waals surface area (Å²) in [5.74, 6) is -0.112. The van der Waals surface area contributed by atoms with Crippen molar-refractivity contribution in [2.75, 3.05) is 13.2 Å². The van der Waals surface area contributed by atoms with Crippen LogP contribution in [0, 0.1) is 11.3 Å². The molecule has 0 spiro atoms. The molecule has 3 N–H and O–H groups in total. The number of allylic oxidation sites excluding steroid dienone is 8. The molecule has 0 aromatic heterocycles. The van der Waals surface area contributed by atoms with E-state index in [2.05, 4.69) is 45.9 Å². The predicted octanol–water partition coefficient (Wildman–Crippen LogP) is 6.61.